The smallest absolute Gasteiger partial charge is 0.246 e. The number of aromatic nitrogens is 2. The van der Waals surface area contributed by atoms with E-state index in [1.54, 1.807) is 12.4 Å². The summed E-state index contributed by atoms with van der Waals surface area (Å²) < 4.78 is 5.48. The monoisotopic (exact) mass is 170 g/mol. The fourth-order valence-corrected chi connectivity index (χ4v) is 1.44. The van der Waals surface area contributed by atoms with Gasteiger partial charge in [-0.15, -0.1) is 0 Å². The molecule has 3 aromatic rings. The van der Waals surface area contributed by atoms with E-state index in [1.165, 1.54) is 0 Å². The fraction of sp³-hybridized carbons (Fsp3) is 0. The second-order valence-electron chi connectivity index (χ2n) is 2.81. The first kappa shape index (κ1) is 6.60. The molecule has 0 amide bonds. The Hall–Kier alpha value is -1.90. The maximum Gasteiger partial charge on any atom is 0.246 e. The van der Waals surface area contributed by atoms with Gasteiger partial charge >= 0.3 is 0 Å². The van der Waals surface area contributed by atoms with Crippen LogP contribution in [0.4, 0.5) is 0 Å². The van der Waals surface area contributed by atoms with E-state index in [2.05, 4.69) is 9.97 Å². The summed E-state index contributed by atoms with van der Waals surface area (Å²) in [6.07, 6.45) is 3.30. The Labute approximate surface area is 74.0 Å². The van der Waals surface area contributed by atoms with Gasteiger partial charge in [-0.1, -0.05) is 12.1 Å². The van der Waals surface area contributed by atoms with Gasteiger partial charge in [-0.05, 0) is 12.1 Å². The van der Waals surface area contributed by atoms with Crippen molar-refractivity contribution in [3.05, 3.63) is 36.7 Å². The van der Waals surface area contributed by atoms with Crippen molar-refractivity contribution in [1.29, 1.82) is 0 Å². The van der Waals surface area contributed by atoms with Crippen LogP contribution in [-0.4, -0.2) is 9.97 Å². The summed E-state index contributed by atoms with van der Waals surface area (Å²) in [5, 5.41) is 1.02. The molecule has 0 aliphatic rings. The van der Waals surface area contributed by atoms with Gasteiger partial charge in [0.25, 0.3) is 0 Å². The SMILES string of the molecule is c1ccc2c(c1)oc1nccnc12. The molecule has 0 saturated heterocycles. The summed E-state index contributed by atoms with van der Waals surface area (Å²) in [6, 6.07) is 7.80. The number of para-hydroxylation sites is 1. The van der Waals surface area contributed by atoms with Gasteiger partial charge in [-0.3, -0.25) is 0 Å². The topological polar surface area (TPSA) is 38.9 Å². The lowest BCUT2D eigenvalue weighted by Crippen LogP contribution is -1.74. The summed E-state index contributed by atoms with van der Waals surface area (Å²) in [7, 11) is 0. The lowest BCUT2D eigenvalue weighted by atomic mass is 10.2. The predicted octanol–water partition coefficient (Wildman–Crippen LogP) is 2.38. The molecule has 0 unspecified atom stereocenters. The highest BCUT2D eigenvalue weighted by molar-refractivity contribution is 6.00. The van der Waals surface area contributed by atoms with Gasteiger partial charge in [0.15, 0.2) is 0 Å². The zero-order chi connectivity index (χ0) is 8.67. The van der Waals surface area contributed by atoms with Gasteiger partial charge in [-0.25, -0.2) is 9.97 Å². The molecule has 2 aromatic heterocycles. The minimum atomic E-state index is 0.601. The summed E-state index contributed by atoms with van der Waals surface area (Å²) >= 11 is 0. The van der Waals surface area contributed by atoms with E-state index < -0.39 is 0 Å². The van der Waals surface area contributed by atoms with Crippen LogP contribution in [0.2, 0.25) is 0 Å². The molecular weight excluding hydrogens is 164 g/mol. The Kier molecular flexibility index (Phi) is 1.16. The third-order valence-electron chi connectivity index (χ3n) is 2.01. The van der Waals surface area contributed by atoms with Gasteiger partial charge in [-0.2, -0.15) is 0 Å². The summed E-state index contributed by atoms with van der Waals surface area (Å²) in [6.45, 7) is 0. The number of hydrogen-bond donors (Lipinski definition) is 0. The van der Waals surface area contributed by atoms with Gasteiger partial charge < -0.3 is 4.42 Å². The van der Waals surface area contributed by atoms with Crippen molar-refractivity contribution in [3.8, 4) is 0 Å². The Morgan fingerprint density at radius 2 is 1.85 bits per heavy atom. The van der Waals surface area contributed by atoms with Crippen LogP contribution in [0.15, 0.2) is 41.1 Å². The molecule has 0 aliphatic heterocycles. The first-order valence-electron chi connectivity index (χ1n) is 4.03. The third kappa shape index (κ3) is 0.839. The van der Waals surface area contributed by atoms with Crippen LogP contribution < -0.4 is 0 Å². The molecule has 0 atom stereocenters. The largest absolute Gasteiger partial charge is 0.436 e. The van der Waals surface area contributed by atoms with Crippen LogP contribution in [0.3, 0.4) is 0 Å². The number of furan rings is 1. The molecule has 62 valence electrons. The average molecular weight is 170 g/mol. The van der Waals surface area contributed by atoms with E-state index in [1.807, 2.05) is 24.3 Å². The molecule has 3 rings (SSSR count). The molecule has 3 heteroatoms. The Morgan fingerprint density at radius 3 is 2.85 bits per heavy atom. The van der Waals surface area contributed by atoms with Gasteiger partial charge in [0.2, 0.25) is 5.71 Å². The van der Waals surface area contributed by atoms with E-state index in [0.717, 1.165) is 16.5 Å². The first-order valence-corrected chi connectivity index (χ1v) is 4.03. The van der Waals surface area contributed by atoms with Crippen molar-refractivity contribution in [3.63, 3.8) is 0 Å². The molecule has 0 fully saturated rings. The number of nitrogens with zero attached hydrogens (tertiary/aromatic N) is 2. The quantitative estimate of drug-likeness (QED) is 0.520. The van der Waals surface area contributed by atoms with Crippen LogP contribution in [0.1, 0.15) is 0 Å². The molecule has 3 nitrogen and oxygen atoms in total. The normalized spacial score (nSPS) is 11.1. The first-order chi connectivity index (χ1) is 6.45. The second kappa shape index (κ2) is 2.29. The van der Waals surface area contributed by atoms with Gasteiger partial charge in [0, 0.05) is 17.8 Å². The van der Waals surface area contributed by atoms with E-state index in [-0.39, 0.29) is 0 Å². The minimum absolute atomic E-state index is 0.601. The van der Waals surface area contributed by atoms with Crippen molar-refractivity contribution >= 4 is 22.2 Å². The van der Waals surface area contributed by atoms with Crippen LogP contribution in [0.25, 0.3) is 22.2 Å². The Bertz CT molecular complexity index is 521. The predicted molar refractivity (Wildman–Crippen MR) is 49.3 cm³/mol. The molecule has 0 spiro atoms. The highest BCUT2D eigenvalue weighted by Gasteiger charge is 2.06. The van der Waals surface area contributed by atoms with E-state index in [4.69, 9.17) is 4.42 Å². The van der Waals surface area contributed by atoms with Crippen molar-refractivity contribution in [2.45, 2.75) is 0 Å². The molecule has 1 aromatic carbocycles. The number of rotatable bonds is 0. The summed E-state index contributed by atoms with van der Waals surface area (Å²) in [5.74, 6) is 0. The highest BCUT2D eigenvalue weighted by atomic mass is 16.3. The molecule has 0 saturated carbocycles. The van der Waals surface area contributed by atoms with Crippen molar-refractivity contribution < 1.29 is 4.42 Å². The van der Waals surface area contributed by atoms with E-state index in [9.17, 15) is 0 Å². The molecule has 0 radical (unpaired) electrons. The maximum atomic E-state index is 5.48. The van der Waals surface area contributed by atoms with Crippen LogP contribution >= 0.6 is 0 Å². The molecular formula is C10H6N2O. The van der Waals surface area contributed by atoms with E-state index in [0.29, 0.717) is 5.71 Å². The van der Waals surface area contributed by atoms with Crippen molar-refractivity contribution in [1.82, 2.24) is 9.97 Å². The maximum absolute atomic E-state index is 5.48. The van der Waals surface area contributed by atoms with Crippen LogP contribution in [0, 0.1) is 0 Å². The van der Waals surface area contributed by atoms with Crippen molar-refractivity contribution in [2.75, 3.05) is 0 Å². The van der Waals surface area contributed by atoms with E-state index >= 15 is 0 Å². The lowest BCUT2D eigenvalue weighted by molar-refractivity contribution is 0.653. The lowest BCUT2D eigenvalue weighted by Gasteiger charge is -1.84. The third-order valence-corrected chi connectivity index (χ3v) is 2.01. The Balaban J connectivity index is 2.64. The summed E-state index contributed by atoms with van der Waals surface area (Å²) in [5.41, 5.74) is 2.27. The average Bonchev–Trinajstić information content (AvgIpc) is 2.56. The molecule has 0 aliphatic carbocycles. The molecule has 13 heavy (non-hydrogen) atoms. The highest BCUT2D eigenvalue weighted by Crippen LogP contribution is 2.24. The van der Waals surface area contributed by atoms with Crippen molar-refractivity contribution in [2.24, 2.45) is 0 Å². The standard InChI is InChI=1S/C10H6N2O/c1-2-4-8-7(3-1)9-10(13-8)12-6-5-11-9/h1-6H. The minimum Gasteiger partial charge on any atom is -0.436 e. The van der Waals surface area contributed by atoms with Gasteiger partial charge in [0.05, 0.1) is 0 Å². The zero-order valence-corrected chi connectivity index (χ0v) is 6.77. The van der Waals surface area contributed by atoms with Crippen LogP contribution in [0.5, 0.6) is 0 Å². The number of fused-ring (bicyclic) bond motifs is 3. The zero-order valence-electron chi connectivity index (χ0n) is 6.77. The van der Waals surface area contributed by atoms with Gasteiger partial charge in [0.1, 0.15) is 11.1 Å². The fourth-order valence-electron chi connectivity index (χ4n) is 1.44. The molecule has 0 bridgehead atoms. The van der Waals surface area contributed by atoms with Crippen LogP contribution in [-0.2, 0) is 0 Å². The number of benzene rings is 1. The molecule has 2 heterocycles. The molecule has 0 N–H and O–H groups in total. The Morgan fingerprint density at radius 1 is 1.00 bits per heavy atom. The number of hydrogen-bond acceptors (Lipinski definition) is 3. The second-order valence-corrected chi connectivity index (χ2v) is 2.81. The summed E-state index contributed by atoms with van der Waals surface area (Å²) in [4.78, 5) is 8.30.